The molecule has 3 fully saturated rings. The van der Waals surface area contributed by atoms with Gasteiger partial charge in [-0.3, -0.25) is 9.78 Å². The quantitative estimate of drug-likeness (QED) is 0.399. The van der Waals surface area contributed by atoms with Gasteiger partial charge in [-0.1, -0.05) is 17.7 Å². The number of sulfonamides is 1. The fourth-order valence-electron chi connectivity index (χ4n) is 6.84. The molecule has 3 aliphatic rings. The highest BCUT2D eigenvalue weighted by Crippen LogP contribution is 2.40. The van der Waals surface area contributed by atoms with Gasteiger partial charge in [0.1, 0.15) is 11.6 Å². The summed E-state index contributed by atoms with van der Waals surface area (Å²) in [5.41, 5.74) is 7.13. The molecule has 1 aromatic carbocycles. The van der Waals surface area contributed by atoms with E-state index in [0.29, 0.717) is 50.9 Å². The lowest BCUT2D eigenvalue weighted by Gasteiger charge is -2.41. The van der Waals surface area contributed by atoms with Crippen molar-refractivity contribution in [3.8, 4) is 0 Å². The van der Waals surface area contributed by atoms with Gasteiger partial charge in [0.25, 0.3) is 0 Å². The lowest BCUT2D eigenvalue weighted by Crippen LogP contribution is -2.57. The molecular formula is C30H40ClF2N5O4S. The second-order valence-corrected chi connectivity index (χ2v) is 15.0. The molecule has 0 spiro atoms. The second-order valence-electron chi connectivity index (χ2n) is 12.5. The van der Waals surface area contributed by atoms with E-state index < -0.39 is 45.1 Å². The van der Waals surface area contributed by atoms with Crippen LogP contribution in [0.15, 0.2) is 30.6 Å². The summed E-state index contributed by atoms with van der Waals surface area (Å²) in [6, 6.07) is 3.13. The number of carbonyl (C=O) groups is 1. The van der Waals surface area contributed by atoms with Crippen LogP contribution in [-0.2, 0) is 26.0 Å². The van der Waals surface area contributed by atoms with Crippen molar-refractivity contribution in [3.05, 3.63) is 58.4 Å². The number of nitrogens with two attached hydrogens (primary N) is 1. The molecule has 6 atom stereocenters. The summed E-state index contributed by atoms with van der Waals surface area (Å²) in [5.74, 6) is -2.31. The molecular weight excluding hydrogens is 600 g/mol. The SMILES string of the molecule is CC1(C)C[C@@H](C(c2ccc(Cl)c(F)c2)C(N)C(=O)Nc2cncc(F)c2CC[C@H]2CN[C@@H]3CCCS(=O)(=O)N2C3)CCO1. The van der Waals surface area contributed by atoms with Crippen molar-refractivity contribution >= 4 is 33.2 Å². The van der Waals surface area contributed by atoms with E-state index in [1.807, 2.05) is 13.8 Å². The third-order valence-electron chi connectivity index (χ3n) is 9.01. The molecule has 4 heterocycles. The van der Waals surface area contributed by atoms with Crippen molar-refractivity contribution in [2.45, 2.75) is 82.0 Å². The standard InChI is InChI=1S/C30H40ClF2N5O4S/c1-30(2)13-19(9-10-42-30)27(18-5-8-23(31)24(32)12-18)28(34)29(39)37-26-16-35-15-25(33)22(26)7-6-21-14-36-20-4-3-11-43(40,41)38(21)17-20/h5,8,12,15-16,19-21,27-28,36H,3-4,6-7,9-11,13-14,17,34H2,1-2H3,(H,37,39)/t19-,20+,21-,27?,28?/m0/s1. The number of aromatic nitrogens is 1. The van der Waals surface area contributed by atoms with Crippen LogP contribution in [0.1, 0.15) is 63.0 Å². The van der Waals surface area contributed by atoms with Crippen molar-refractivity contribution < 1.29 is 26.7 Å². The van der Waals surface area contributed by atoms with Crippen LogP contribution in [0.2, 0.25) is 5.02 Å². The fraction of sp³-hybridized carbons (Fsp3) is 0.600. The Morgan fingerprint density at radius 2 is 2.07 bits per heavy atom. The van der Waals surface area contributed by atoms with Gasteiger partial charge >= 0.3 is 0 Å². The number of carbonyl (C=O) groups excluding carboxylic acids is 1. The maximum Gasteiger partial charge on any atom is 0.241 e. The van der Waals surface area contributed by atoms with Crippen molar-refractivity contribution in [1.82, 2.24) is 14.6 Å². The fourth-order valence-corrected chi connectivity index (χ4v) is 8.76. The van der Waals surface area contributed by atoms with Crippen molar-refractivity contribution in [3.63, 3.8) is 0 Å². The lowest BCUT2D eigenvalue weighted by atomic mass is 9.73. The Morgan fingerprint density at radius 1 is 1.28 bits per heavy atom. The predicted octanol–water partition coefficient (Wildman–Crippen LogP) is 3.97. The molecule has 4 N–H and O–H groups in total. The monoisotopic (exact) mass is 639 g/mol. The Bertz CT molecular complexity index is 1450. The van der Waals surface area contributed by atoms with Crippen LogP contribution in [0.3, 0.4) is 0 Å². The van der Waals surface area contributed by atoms with Gasteiger partial charge in [-0.2, -0.15) is 4.31 Å². The zero-order valence-corrected chi connectivity index (χ0v) is 26.1. The average Bonchev–Trinajstić information content (AvgIpc) is 3.06. The Hall–Kier alpha value is -2.22. The Kier molecular flexibility index (Phi) is 9.75. The number of nitrogens with one attached hydrogen (secondary N) is 2. The summed E-state index contributed by atoms with van der Waals surface area (Å²) in [4.78, 5) is 17.6. The van der Waals surface area contributed by atoms with Crippen molar-refractivity contribution in [2.75, 3.05) is 30.8 Å². The largest absolute Gasteiger partial charge is 0.376 e. The molecule has 2 bridgehead atoms. The summed E-state index contributed by atoms with van der Waals surface area (Å²) in [5, 5.41) is 6.17. The first-order chi connectivity index (χ1) is 20.3. The minimum absolute atomic E-state index is 0.0278. The molecule has 3 aliphatic heterocycles. The number of hydrogen-bond donors (Lipinski definition) is 3. The molecule has 0 saturated carbocycles. The summed E-state index contributed by atoms with van der Waals surface area (Å²) in [7, 11) is -3.40. The van der Waals surface area contributed by atoms with E-state index in [0.717, 1.165) is 12.6 Å². The van der Waals surface area contributed by atoms with Crippen LogP contribution in [0, 0.1) is 17.6 Å². The second kappa shape index (κ2) is 13.0. The van der Waals surface area contributed by atoms with E-state index in [-0.39, 0.29) is 46.4 Å². The van der Waals surface area contributed by atoms with Gasteiger partial charge in [-0.05, 0) is 76.0 Å². The molecule has 0 aliphatic carbocycles. The number of rotatable bonds is 8. The molecule has 236 valence electrons. The summed E-state index contributed by atoms with van der Waals surface area (Å²) < 4.78 is 62.9. The number of halogens is 3. The van der Waals surface area contributed by atoms with Gasteiger partial charge in [-0.15, -0.1) is 0 Å². The summed E-state index contributed by atoms with van der Waals surface area (Å²) in [6.07, 6.45) is 5.62. The van der Waals surface area contributed by atoms with Crippen LogP contribution in [0.25, 0.3) is 0 Å². The minimum atomic E-state index is -3.40. The van der Waals surface area contributed by atoms with Gasteiger partial charge in [0, 0.05) is 43.3 Å². The zero-order chi connectivity index (χ0) is 30.9. The third kappa shape index (κ3) is 7.37. The third-order valence-corrected chi connectivity index (χ3v) is 11.3. The van der Waals surface area contributed by atoms with Gasteiger partial charge in [0.05, 0.1) is 40.5 Å². The number of fused-ring (bicyclic) bond motifs is 2. The molecule has 1 aromatic heterocycles. The number of amides is 1. The van der Waals surface area contributed by atoms with E-state index >= 15 is 4.39 Å². The number of benzene rings is 1. The van der Waals surface area contributed by atoms with Crippen molar-refractivity contribution in [1.29, 1.82) is 0 Å². The van der Waals surface area contributed by atoms with E-state index in [9.17, 15) is 17.6 Å². The van der Waals surface area contributed by atoms with Gasteiger partial charge in [-0.25, -0.2) is 17.2 Å². The van der Waals surface area contributed by atoms with Crippen LogP contribution < -0.4 is 16.4 Å². The smallest absolute Gasteiger partial charge is 0.241 e. The van der Waals surface area contributed by atoms with E-state index in [1.54, 1.807) is 10.4 Å². The minimum Gasteiger partial charge on any atom is -0.376 e. The number of hydrogen-bond acceptors (Lipinski definition) is 7. The molecule has 43 heavy (non-hydrogen) atoms. The Morgan fingerprint density at radius 3 is 2.81 bits per heavy atom. The first-order valence-corrected chi connectivity index (χ1v) is 16.8. The molecule has 13 heteroatoms. The van der Waals surface area contributed by atoms with Gasteiger partial charge in [0.15, 0.2) is 0 Å². The Balaban J connectivity index is 1.36. The molecule has 3 saturated heterocycles. The Labute approximate surface area is 256 Å². The van der Waals surface area contributed by atoms with Crippen LogP contribution in [0.5, 0.6) is 0 Å². The predicted molar refractivity (Wildman–Crippen MR) is 161 cm³/mol. The van der Waals surface area contributed by atoms with Crippen LogP contribution >= 0.6 is 11.6 Å². The molecule has 0 radical (unpaired) electrons. The topological polar surface area (TPSA) is 127 Å². The zero-order valence-electron chi connectivity index (χ0n) is 24.5. The molecule has 9 nitrogen and oxygen atoms in total. The number of anilines is 1. The molecule has 3 unspecified atom stereocenters. The lowest BCUT2D eigenvalue weighted by molar-refractivity contribution is -0.119. The van der Waals surface area contributed by atoms with Crippen LogP contribution in [-0.4, -0.2) is 72.8 Å². The highest BCUT2D eigenvalue weighted by molar-refractivity contribution is 7.89. The van der Waals surface area contributed by atoms with Gasteiger partial charge in [0.2, 0.25) is 15.9 Å². The van der Waals surface area contributed by atoms with E-state index in [2.05, 4.69) is 15.6 Å². The summed E-state index contributed by atoms with van der Waals surface area (Å²) in [6.45, 7) is 5.28. The van der Waals surface area contributed by atoms with Crippen LogP contribution in [0.4, 0.5) is 14.5 Å². The number of nitrogens with zero attached hydrogens (tertiary/aromatic N) is 2. The number of piperazine rings is 1. The maximum atomic E-state index is 15.1. The number of pyridine rings is 1. The highest BCUT2D eigenvalue weighted by atomic mass is 35.5. The first kappa shape index (κ1) is 32.2. The molecule has 5 rings (SSSR count). The van der Waals surface area contributed by atoms with Gasteiger partial charge < -0.3 is 21.1 Å². The summed E-state index contributed by atoms with van der Waals surface area (Å²) >= 11 is 5.95. The first-order valence-electron chi connectivity index (χ1n) is 14.9. The average molecular weight is 640 g/mol. The van der Waals surface area contributed by atoms with Crippen molar-refractivity contribution in [2.24, 2.45) is 11.7 Å². The normalized spacial score (nSPS) is 28.0. The molecule has 1 amide bonds. The maximum absolute atomic E-state index is 15.1. The highest BCUT2D eigenvalue weighted by Gasteiger charge is 2.40. The van der Waals surface area contributed by atoms with E-state index in [4.69, 9.17) is 22.1 Å². The van der Waals surface area contributed by atoms with E-state index in [1.165, 1.54) is 18.3 Å². The number of ether oxygens (including phenoxy) is 1. The molecule has 2 aromatic rings.